The van der Waals surface area contributed by atoms with Crippen molar-refractivity contribution in [3.05, 3.63) is 83.2 Å². The minimum Gasteiger partial charge on any atom is -0.497 e. The first-order valence-electron chi connectivity index (χ1n) is 8.97. The van der Waals surface area contributed by atoms with Crippen molar-refractivity contribution in [2.45, 2.75) is 0 Å². The fourth-order valence-corrected chi connectivity index (χ4v) is 3.61. The Hall–Kier alpha value is -3.42. The number of benzene rings is 2. The predicted molar refractivity (Wildman–Crippen MR) is 120 cm³/mol. The van der Waals surface area contributed by atoms with Crippen molar-refractivity contribution in [1.82, 2.24) is 9.88 Å². The van der Waals surface area contributed by atoms with E-state index in [1.165, 1.54) is 4.90 Å². The molecule has 2 aromatic carbocycles. The molecule has 2 amide bonds. The van der Waals surface area contributed by atoms with Crippen LogP contribution in [0.25, 0.3) is 11.8 Å². The third kappa shape index (κ3) is 3.72. The van der Waals surface area contributed by atoms with Gasteiger partial charge < -0.3 is 9.30 Å². The summed E-state index contributed by atoms with van der Waals surface area (Å²) in [7, 11) is 1.60. The molecule has 1 aromatic heterocycles. The summed E-state index contributed by atoms with van der Waals surface area (Å²) in [5.41, 5.74) is 1.97. The lowest BCUT2D eigenvalue weighted by molar-refractivity contribution is -0.122. The highest BCUT2D eigenvalue weighted by atomic mass is 35.5. The number of thiocarbonyl (C=S) groups is 1. The van der Waals surface area contributed by atoms with Gasteiger partial charge in [-0.2, -0.15) is 0 Å². The molecule has 1 saturated heterocycles. The highest BCUT2D eigenvalue weighted by Crippen LogP contribution is 2.25. The number of hydrogen-bond acceptors (Lipinski definition) is 4. The molecule has 8 heteroatoms. The first kappa shape index (κ1) is 19.9. The van der Waals surface area contributed by atoms with Gasteiger partial charge in [0.05, 0.1) is 12.8 Å². The van der Waals surface area contributed by atoms with Gasteiger partial charge >= 0.3 is 0 Å². The molecule has 30 heavy (non-hydrogen) atoms. The SMILES string of the molecule is COc1ccc(-n2cccc2/C=C2\C(=O)NC(=S)N(c3cccc(Cl)c3)C2=O)cc1. The zero-order chi connectivity index (χ0) is 21.3. The van der Waals surface area contributed by atoms with E-state index in [0.29, 0.717) is 16.4 Å². The number of amides is 2. The number of nitrogens with one attached hydrogen (secondary N) is 1. The van der Waals surface area contributed by atoms with Crippen molar-refractivity contribution in [2.75, 3.05) is 12.0 Å². The number of carbonyl (C=O) groups is 2. The maximum atomic E-state index is 13.2. The lowest BCUT2D eigenvalue weighted by Gasteiger charge is -2.29. The standard InChI is InChI=1S/C22H16ClN3O3S/c1-29-18-9-7-15(8-10-18)25-11-3-6-16(25)13-19-20(27)24-22(30)26(21(19)28)17-5-2-4-14(23)12-17/h2-13H,1H3,(H,24,27,30)/b19-13+. The average molecular weight is 438 g/mol. The summed E-state index contributed by atoms with van der Waals surface area (Å²) in [5.74, 6) is -0.336. The van der Waals surface area contributed by atoms with Crippen molar-refractivity contribution < 1.29 is 14.3 Å². The number of methoxy groups -OCH3 is 1. The Kier molecular flexibility index (Phi) is 5.39. The molecule has 3 aromatic rings. The summed E-state index contributed by atoms with van der Waals surface area (Å²) in [6.45, 7) is 0. The molecule has 150 valence electrons. The topological polar surface area (TPSA) is 63.6 Å². The first-order chi connectivity index (χ1) is 14.5. The molecule has 0 spiro atoms. The molecule has 1 fully saturated rings. The molecule has 6 nitrogen and oxygen atoms in total. The molecule has 4 rings (SSSR count). The van der Waals surface area contributed by atoms with Gasteiger partial charge in [0.15, 0.2) is 5.11 Å². The van der Waals surface area contributed by atoms with E-state index in [0.717, 1.165) is 11.4 Å². The van der Waals surface area contributed by atoms with E-state index in [1.54, 1.807) is 37.5 Å². The van der Waals surface area contributed by atoms with Gasteiger partial charge in [-0.3, -0.25) is 19.8 Å². The summed E-state index contributed by atoms with van der Waals surface area (Å²) in [6, 6.07) is 17.8. The van der Waals surface area contributed by atoms with Gasteiger partial charge in [0.2, 0.25) is 0 Å². The van der Waals surface area contributed by atoms with Crippen molar-refractivity contribution in [2.24, 2.45) is 0 Å². The number of ether oxygens (including phenoxy) is 1. The second-order valence-corrected chi connectivity index (χ2v) is 7.26. The van der Waals surface area contributed by atoms with E-state index in [1.807, 2.05) is 47.2 Å². The fourth-order valence-electron chi connectivity index (χ4n) is 3.14. The highest BCUT2D eigenvalue weighted by molar-refractivity contribution is 7.80. The van der Waals surface area contributed by atoms with Crippen LogP contribution in [0.2, 0.25) is 5.02 Å². The van der Waals surface area contributed by atoms with Crippen LogP contribution >= 0.6 is 23.8 Å². The molecule has 0 unspecified atom stereocenters. The number of halogens is 1. The maximum absolute atomic E-state index is 13.2. The van der Waals surface area contributed by atoms with Crippen molar-refractivity contribution in [3.63, 3.8) is 0 Å². The molecular weight excluding hydrogens is 422 g/mol. The van der Waals surface area contributed by atoms with E-state index in [2.05, 4.69) is 5.32 Å². The van der Waals surface area contributed by atoms with E-state index in [-0.39, 0.29) is 10.7 Å². The van der Waals surface area contributed by atoms with Crippen molar-refractivity contribution in [1.29, 1.82) is 0 Å². The van der Waals surface area contributed by atoms with Gasteiger partial charge in [0.1, 0.15) is 11.3 Å². The lowest BCUT2D eigenvalue weighted by Crippen LogP contribution is -2.54. The Balaban J connectivity index is 1.73. The van der Waals surface area contributed by atoms with Crippen LogP contribution in [0.15, 0.2) is 72.4 Å². The summed E-state index contributed by atoms with van der Waals surface area (Å²) < 4.78 is 7.06. The van der Waals surface area contributed by atoms with E-state index < -0.39 is 11.8 Å². The van der Waals surface area contributed by atoms with Crippen LogP contribution in [0.5, 0.6) is 5.75 Å². The van der Waals surface area contributed by atoms with E-state index in [9.17, 15) is 9.59 Å². The predicted octanol–water partition coefficient (Wildman–Crippen LogP) is 3.97. The number of nitrogens with zero attached hydrogens (tertiary/aromatic N) is 2. The number of aromatic nitrogens is 1. The van der Waals surface area contributed by atoms with Crippen molar-refractivity contribution in [3.8, 4) is 11.4 Å². The van der Waals surface area contributed by atoms with Gasteiger partial charge in [-0.05, 0) is 72.9 Å². The minimum atomic E-state index is -0.550. The molecule has 1 N–H and O–H groups in total. The van der Waals surface area contributed by atoms with Crippen LogP contribution in [0.3, 0.4) is 0 Å². The summed E-state index contributed by atoms with van der Waals surface area (Å²) >= 11 is 11.3. The molecule has 0 bridgehead atoms. The Labute approximate surface area is 183 Å². The number of hydrogen-bond donors (Lipinski definition) is 1. The Morgan fingerprint density at radius 3 is 2.50 bits per heavy atom. The maximum Gasteiger partial charge on any atom is 0.270 e. The fraction of sp³-hybridized carbons (Fsp3) is 0.0455. The lowest BCUT2D eigenvalue weighted by atomic mass is 10.1. The van der Waals surface area contributed by atoms with Crippen LogP contribution in [-0.2, 0) is 9.59 Å². The normalized spacial score (nSPS) is 15.5. The van der Waals surface area contributed by atoms with E-state index >= 15 is 0 Å². The van der Waals surface area contributed by atoms with Gasteiger partial charge in [0, 0.05) is 22.6 Å². The molecule has 0 radical (unpaired) electrons. The largest absolute Gasteiger partial charge is 0.497 e. The van der Waals surface area contributed by atoms with Gasteiger partial charge in [-0.15, -0.1) is 0 Å². The number of carbonyl (C=O) groups excluding carboxylic acids is 2. The summed E-state index contributed by atoms with van der Waals surface area (Å²) in [5, 5.41) is 3.04. The Bertz CT molecular complexity index is 1180. The second-order valence-electron chi connectivity index (χ2n) is 6.44. The van der Waals surface area contributed by atoms with Crippen LogP contribution in [0, 0.1) is 0 Å². The highest BCUT2D eigenvalue weighted by Gasteiger charge is 2.34. The number of anilines is 1. The van der Waals surface area contributed by atoms with Gasteiger partial charge in [-0.25, -0.2) is 0 Å². The zero-order valence-electron chi connectivity index (χ0n) is 15.8. The average Bonchev–Trinajstić information content (AvgIpc) is 3.19. The van der Waals surface area contributed by atoms with E-state index in [4.69, 9.17) is 28.6 Å². The van der Waals surface area contributed by atoms with Crippen LogP contribution < -0.4 is 15.0 Å². The molecular formula is C22H16ClN3O3S. The van der Waals surface area contributed by atoms with Crippen molar-refractivity contribution >= 4 is 52.5 Å². The molecule has 0 atom stereocenters. The van der Waals surface area contributed by atoms with Gasteiger partial charge in [-0.1, -0.05) is 17.7 Å². The zero-order valence-corrected chi connectivity index (χ0v) is 17.4. The smallest absolute Gasteiger partial charge is 0.270 e. The molecule has 1 aliphatic heterocycles. The van der Waals surface area contributed by atoms with Crippen LogP contribution in [0.1, 0.15) is 5.69 Å². The van der Waals surface area contributed by atoms with Crippen LogP contribution in [0.4, 0.5) is 5.69 Å². The quantitative estimate of drug-likeness (QED) is 0.381. The summed E-state index contributed by atoms with van der Waals surface area (Å²) in [6.07, 6.45) is 3.39. The van der Waals surface area contributed by atoms with Crippen LogP contribution in [-0.4, -0.2) is 28.6 Å². The monoisotopic (exact) mass is 437 g/mol. The minimum absolute atomic E-state index is 0.00922. The Morgan fingerprint density at radius 1 is 1.03 bits per heavy atom. The first-order valence-corrected chi connectivity index (χ1v) is 9.75. The molecule has 0 aliphatic carbocycles. The number of rotatable bonds is 4. The molecule has 1 aliphatic rings. The Morgan fingerprint density at radius 2 is 1.80 bits per heavy atom. The third-order valence-electron chi connectivity index (χ3n) is 4.59. The molecule has 2 heterocycles. The summed E-state index contributed by atoms with van der Waals surface area (Å²) in [4.78, 5) is 27.0. The second kappa shape index (κ2) is 8.14. The van der Waals surface area contributed by atoms with Gasteiger partial charge in [0.25, 0.3) is 11.8 Å². The third-order valence-corrected chi connectivity index (χ3v) is 5.11. The molecule has 0 saturated carbocycles.